The van der Waals surface area contributed by atoms with Gasteiger partial charge in [-0.25, -0.2) is 0 Å². The quantitative estimate of drug-likeness (QED) is 0.476. The molecule has 4 fully saturated rings. The fraction of sp³-hybridized carbons (Fsp3) is 0.692. The standard InChI is InChI=1S/C13H13ClN2/c14-13-3-8-1-9(4-13)12(10(2-8)5-13)11(6-15)7-16/h8-10H,1-5H2/t8?,9-,10+,13?. The van der Waals surface area contributed by atoms with Crippen LogP contribution in [0.5, 0.6) is 0 Å². The Kier molecular flexibility index (Phi) is 2.07. The van der Waals surface area contributed by atoms with Gasteiger partial charge in [0.2, 0.25) is 0 Å². The van der Waals surface area contributed by atoms with Gasteiger partial charge in [0.15, 0.2) is 0 Å². The average Bonchev–Trinajstić information content (AvgIpc) is 2.21. The van der Waals surface area contributed by atoms with Crippen LogP contribution in [0.3, 0.4) is 0 Å². The van der Waals surface area contributed by atoms with Crippen molar-refractivity contribution in [3.8, 4) is 12.1 Å². The van der Waals surface area contributed by atoms with Crippen LogP contribution in [-0.2, 0) is 0 Å². The number of nitrogens with zero attached hydrogens (tertiary/aromatic N) is 2. The van der Waals surface area contributed by atoms with Crippen LogP contribution >= 0.6 is 11.6 Å². The first kappa shape index (κ1) is 10.2. The van der Waals surface area contributed by atoms with Crippen LogP contribution in [0.15, 0.2) is 11.1 Å². The molecular formula is C13H13ClN2. The molecule has 0 N–H and O–H groups in total. The lowest BCUT2D eigenvalue weighted by molar-refractivity contribution is 0.0862. The molecule has 0 amide bonds. The Hall–Kier alpha value is -0.990. The van der Waals surface area contributed by atoms with Gasteiger partial charge in [-0.3, -0.25) is 0 Å². The summed E-state index contributed by atoms with van der Waals surface area (Å²) in [7, 11) is 0. The highest BCUT2D eigenvalue weighted by Crippen LogP contribution is 2.60. The van der Waals surface area contributed by atoms with Crippen molar-refractivity contribution in [2.45, 2.75) is 37.0 Å². The lowest BCUT2D eigenvalue weighted by Crippen LogP contribution is -2.48. The highest BCUT2D eigenvalue weighted by atomic mass is 35.5. The summed E-state index contributed by atoms with van der Waals surface area (Å²) in [5.74, 6) is 1.56. The summed E-state index contributed by atoms with van der Waals surface area (Å²) in [6.45, 7) is 0. The summed E-state index contributed by atoms with van der Waals surface area (Å²) >= 11 is 6.60. The molecule has 0 aromatic carbocycles. The van der Waals surface area contributed by atoms with Crippen LogP contribution in [0.4, 0.5) is 0 Å². The maximum atomic E-state index is 9.01. The minimum absolute atomic E-state index is 0.0178. The van der Waals surface area contributed by atoms with Gasteiger partial charge >= 0.3 is 0 Å². The molecular weight excluding hydrogens is 220 g/mol. The van der Waals surface area contributed by atoms with E-state index in [1.54, 1.807) is 0 Å². The van der Waals surface area contributed by atoms with E-state index in [1.165, 1.54) is 0 Å². The minimum atomic E-state index is -0.0178. The summed E-state index contributed by atoms with van der Waals surface area (Å²) in [6, 6.07) is 4.14. The van der Waals surface area contributed by atoms with E-state index in [-0.39, 0.29) is 4.87 Å². The Bertz CT molecular complexity index is 418. The summed E-state index contributed by atoms with van der Waals surface area (Å²) < 4.78 is 0. The van der Waals surface area contributed by atoms with Crippen LogP contribution in [0.25, 0.3) is 0 Å². The Balaban J connectivity index is 2.05. The molecule has 4 aliphatic rings. The molecule has 4 rings (SSSR count). The predicted octanol–water partition coefficient (Wildman–Crippen LogP) is 3.15. The molecule has 16 heavy (non-hydrogen) atoms. The predicted molar refractivity (Wildman–Crippen MR) is 60.4 cm³/mol. The Morgan fingerprint density at radius 1 is 1.12 bits per heavy atom. The molecule has 0 radical (unpaired) electrons. The van der Waals surface area contributed by atoms with Gasteiger partial charge in [-0.2, -0.15) is 10.5 Å². The number of hydrogen-bond acceptors (Lipinski definition) is 2. The molecule has 82 valence electrons. The van der Waals surface area contributed by atoms with Crippen LogP contribution in [-0.4, -0.2) is 4.87 Å². The van der Waals surface area contributed by atoms with E-state index in [9.17, 15) is 0 Å². The number of alkyl halides is 1. The Morgan fingerprint density at radius 3 is 2.12 bits per heavy atom. The highest BCUT2D eigenvalue weighted by molar-refractivity contribution is 6.24. The molecule has 4 bridgehead atoms. The van der Waals surface area contributed by atoms with Crippen molar-refractivity contribution in [2.24, 2.45) is 17.8 Å². The summed E-state index contributed by atoms with van der Waals surface area (Å²) in [6.07, 6.45) is 5.39. The van der Waals surface area contributed by atoms with E-state index in [1.807, 2.05) is 0 Å². The van der Waals surface area contributed by atoms with Gasteiger partial charge in [-0.05, 0) is 55.4 Å². The monoisotopic (exact) mass is 232 g/mol. The second-order valence-electron chi connectivity index (χ2n) is 5.55. The number of hydrogen-bond donors (Lipinski definition) is 0. The van der Waals surface area contributed by atoms with Crippen LogP contribution in [0.2, 0.25) is 0 Å². The van der Waals surface area contributed by atoms with E-state index in [0.717, 1.165) is 43.6 Å². The third kappa shape index (κ3) is 1.30. The van der Waals surface area contributed by atoms with Crippen LogP contribution in [0, 0.1) is 40.4 Å². The molecule has 2 unspecified atom stereocenters. The van der Waals surface area contributed by atoms with Gasteiger partial charge in [0.1, 0.15) is 17.7 Å². The Morgan fingerprint density at radius 2 is 1.69 bits per heavy atom. The van der Waals surface area contributed by atoms with Gasteiger partial charge in [0, 0.05) is 4.87 Å². The van der Waals surface area contributed by atoms with E-state index >= 15 is 0 Å². The molecule has 4 aliphatic carbocycles. The molecule has 4 atom stereocenters. The lowest BCUT2D eigenvalue weighted by Gasteiger charge is -2.55. The van der Waals surface area contributed by atoms with E-state index in [2.05, 4.69) is 12.1 Å². The SMILES string of the molecule is N#CC(C#N)=C1[C@@H]2CC3C[C@H]1CC(Cl)(C3)C2. The zero-order valence-electron chi connectivity index (χ0n) is 9.04. The van der Waals surface area contributed by atoms with E-state index in [4.69, 9.17) is 22.1 Å². The number of nitriles is 2. The fourth-order valence-electron chi connectivity index (χ4n) is 4.25. The summed E-state index contributed by atoms with van der Waals surface area (Å²) in [5, 5.41) is 18.0. The average molecular weight is 233 g/mol. The topological polar surface area (TPSA) is 47.6 Å². The van der Waals surface area contributed by atoms with Gasteiger partial charge < -0.3 is 0 Å². The van der Waals surface area contributed by atoms with Crippen molar-refractivity contribution in [3.05, 3.63) is 11.1 Å². The van der Waals surface area contributed by atoms with E-state index in [0.29, 0.717) is 17.4 Å². The van der Waals surface area contributed by atoms with Crippen molar-refractivity contribution in [1.29, 1.82) is 10.5 Å². The van der Waals surface area contributed by atoms with Crippen molar-refractivity contribution in [2.75, 3.05) is 0 Å². The van der Waals surface area contributed by atoms with Crippen molar-refractivity contribution >= 4 is 11.6 Å². The van der Waals surface area contributed by atoms with Crippen LogP contribution in [0.1, 0.15) is 32.1 Å². The molecule has 2 nitrogen and oxygen atoms in total. The molecule has 3 heteroatoms. The molecule has 0 aromatic heterocycles. The number of halogens is 1. The first-order valence-corrected chi connectivity index (χ1v) is 6.26. The largest absolute Gasteiger partial charge is 0.192 e. The van der Waals surface area contributed by atoms with E-state index < -0.39 is 0 Å². The normalized spacial score (nSPS) is 43.9. The first-order valence-electron chi connectivity index (χ1n) is 5.88. The third-order valence-electron chi connectivity index (χ3n) is 4.51. The van der Waals surface area contributed by atoms with Gasteiger partial charge in [-0.15, -0.1) is 11.6 Å². The number of rotatable bonds is 0. The zero-order chi connectivity index (χ0) is 11.3. The molecule has 0 aliphatic heterocycles. The molecule has 4 saturated carbocycles. The molecule has 0 spiro atoms. The fourth-order valence-corrected chi connectivity index (χ4v) is 4.85. The minimum Gasteiger partial charge on any atom is -0.192 e. The second kappa shape index (κ2) is 3.25. The smallest absolute Gasteiger partial charge is 0.129 e. The maximum Gasteiger partial charge on any atom is 0.129 e. The molecule has 0 heterocycles. The lowest BCUT2D eigenvalue weighted by atomic mass is 9.53. The van der Waals surface area contributed by atoms with Gasteiger partial charge in [0.05, 0.1) is 0 Å². The van der Waals surface area contributed by atoms with Crippen LogP contribution < -0.4 is 0 Å². The van der Waals surface area contributed by atoms with Crippen molar-refractivity contribution in [1.82, 2.24) is 0 Å². The zero-order valence-corrected chi connectivity index (χ0v) is 9.80. The number of allylic oxidation sites excluding steroid dienone is 2. The Labute approximate surface area is 100 Å². The van der Waals surface area contributed by atoms with Gasteiger partial charge in [0.25, 0.3) is 0 Å². The van der Waals surface area contributed by atoms with Crippen molar-refractivity contribution in [3.63, 3.8) is 0 Å². The molecule has 0 aromatic rings. The second-order valence-corrected chi connectivity index (χ2v) is 6.35. The molecule has 0 saturated heterocycles. The van der Waals surface area contributed by atoms with Crippen molar-refractivity contribution < 1.29 is 0 Å². The summed E-state index contributed by atoms with van der Waals surface area (Å²) in [4.78, 5) is -0.0178. The first-order chi connectivity index (χ1) is 7.65. The maximum absolute atomic E-state index is 9.01. The third-order valence-corrected chi connectivity index (χ3v) is 4.97. The van der Waals surface area contributed by atoms with Gasteiger partial charge in [-0.1, -0.05) is 0 Å². The summed E-state index contributed by atoms with van der Waals surface area (Å²) in [5.41, 5.74) is 1.51. The highest BCUT2D eigenvalue weighted by Gasteiger charge is 2.53.